The lowest BCUT2D eigenvalue weighted by molar-refractivity contribution is 0.0692. The molecule has 66 valence electrons. The SMILES string of the molecule is O=NC1COC2C(N=O)COC12. The zero-order valence-electron chi connectivity index (χ0n) is 6.25. The molecule has 6 nitrogen and oxygen atoms in total. The number of fused-ring (bicyclic) bond motifs is 1. The largest absolute Gasteiger partial charge is 0.370 e. The first kappa shape index (κ1) is 7.75. The van der Waals surface area contributed by atoms with Gasteiger partial charge < -0.3 is 9.47 Å². The molecule has 0 aromatic heterocycles. The van der Waals surface area contributed by atoms with Gasteiger partial charge in [0, 0.05) is 0 Å². The number of hydrogen-bond acceptors (Lipinski definition) is 6. The summed E-state index contributed by atoms with van der Waals surface area (Å²) in [7, 11) is 0. The monoisotopic (exact) mass is 172 g/mol. The minimum Gasteiger partial charge on any atom is -0.370 e. The van der Waals surface area contributed by atoms with Gasteiger partial charge in [0.25, 0.3) is 0 Å². The van der Waals surface area contributed by atoms with Crippen LogP contribution in [0.4, 0.5) is 0 Å². The fourth-order valence-corrected chi connectivity index (χ4v) is 1.64. The molecule has 4 unspecified atom stereocenters. The molecular formula is C6H8N2O4. The van der Waals surface area contributed by atoms with E-state index < -0.39 is 12.1 Å². The lowest BCUT2D eigenvalue weighted by Crippen LogP contribution is -2.29. The number of nitrogens with zero attached hydrogens (tertiary/aromatic N) is 2. The Balaban J connectivity index is 2.10. The summed E-state index contributed by atoms with van der Waals surface area (Å²) in [4.78, 5) is 20.5. The van der Waals surface area contributed by atoms with Gasteiger partial charge in [-0.1, -0.05) is 10.4 Å². The van der Waals surface area contributed by atoms with Gasteiger partial charge >= 0.3 is 0 Å². The van der Waals surface area contributed by atoms with E-state index in [9.17, 15) is 9.81 Å². The standard InChI is InChI=1S/C6H8N2O4/c9-7-3-1-11-6-4(8-10)2-12-5(3)6/h3-6H,1-2H2. The highest BCUT2D eigenvalue weighted by atomic mass is 16.6. The quantitative estimate of drug-likeness (QED) is 0.551. The van der Waals surface area contributed by atoms with Crippen LogP contribution in [-0.4, -0.2) is 37.5 Å². The Morgan fingerprint density at radius 2 is 1.33 bits per heavy atom. The predicted octanol–water partition coefficient (Wildman–Crippen LogP) is 0.0540. The van der Waals surface area contributed by atoms with E-state index in [1.807, 2.05) is 0 Å². The second-order valence-electron chi connectivity index (χ2n) is 2.94. The average Bonchev–Trinajstić information content (AvgIpc) is 2.62. The first-order valence-electron chi connectivity index (χ1n) is 3.75. The third-order valence-electron chi connectivity index (χ3n) is 2.27. The maximum atomic E-state index is 10.2. The van der Waals surface area contributed by atoms with E-state index >= 15 is 0 Å². The molecule has 12 heavy (non-hydrogen) atoms. The molecule has 2 aliphatic rings. The highest BCUT2D eigenvalue weighted by molar-refractivity contribution is 5.00. The first-order chi connectivity index (χ1) is 5.86. The molecule has 0 spiro atoms. The average molecular weight is 172 g/mol. The van der Waals surface area contributed by atoms with Crippen molar-refractivity contribution in [2.75, 3.05) is 13.2 Å². The molecule has 2 aliphatic heterocycles. The van der Waals surface area contributed by atoms with Crippen LogP contribution in [0, 0.1) is 9.81 Å². The Hall–Kier alpha value is -0.880. The van der Waals surface area contributed by atoms with Gasteiger partial charge in [-0.3, -0.25) is 0 Å². The van der Waals surface area contributed by atoms with Crippen molar-refractivity contribution in [1.82, 2.24) is 0 Å². The van der Waals surface area contributed by atoms with Crippen LogP contribution in [0.2, 0.25) is 0 Å². The van der Waals surface area contributed by atoms with Gasteiger partial charge in [-0.25, -0.2) is 0 Å². The summed E-state index contributed by atoms with van der Waals surface area (Å²) in [6, 6.07) is -0.941. The third kappa shape index (κ3) is 0.953. The molecule has 2 fully saturated rings. The third-order valence-corrected chi connectivity index (χ3v) is 2.27. The topological polar surface area (TPSA) is 77.3 Å². The van der Waals surface area contributed by atoms with Crippen molar-refractivity contribution in [2.24, 2.45) is 10.4 Å². The van der Waals surface area contributed by atoms with E-state index in [0.717, 1.165) is 0 Å². The van der Waals surface area contributed by atoms with Crippen LogP contribution in [0.3, 0.4) is 0 Å². The molecule has 0 amide bonds. The number of ether oxygens (including phenoxy) is 2. The fraction of sp³-hybridized carbons (Fsp3) is 1.00. The maximum Gasteiger partial charge on any atom is 0.144 e. The summed E-state index contributed by atoms with van der Waals surface area (Å²) < 4.78 is 10.3. The summed E-state index contributed by atoms with van der Waals surface area (Å²) in [6.07, 6.45) is -0.713. The van der Waals surface area contributed by atoms with Crippen molar-refractivity contribution < 1.29 is 9.47 Å². The van der Waals surface area contributed by atoms with Crippen LogP contribution >= 0.6 is 0 Å². The van der Waals surface area contributed by atoms with Crippen molar-refractivity contribution in [3.05, 3.63) is 9.81 Å². The van der Waals surface area contributed by atoms with Gasteiger partial charge in [-0.05, 0) is 0 Å². The van der Waals surface area contributed by atoms with Crippen LogP contribution in [-0.2, 0) is 9.47 Å². The molecule has 0 aromatic carbocycles. The first-order valence-corrected chi connectivity index (χ1v) is 3.75. The van der Waals surface area contributed by atoms with Crippen molar-refractivity contribution in [3.63, 3.8) is 0 Å². The van der Waals surface area contributed by atoms with Gasteiger partial charge in [0.05, 0.1) is 13.2 Å². The van der Waals surface area contributed by atoms with Crippen LogP contribution in [0.5, 0.6) is 0 Å². The van der Waals surface area contributed by atoms with Crippen LogP contribution in [0.15, 0.2) is 10.4 Å². The van der Waals surface area contributed by atoms with Gasteiger partial charge in [0.2, 0.25) is 0 Å². The molecule has 0 aliphatic carbocycles. The fourth-order valence-electron chi connectivity index (χ4n) is 1.64. The Bertz CT molecular complexity index is 188. The lowest BCUT2D eigenvalue weighted by atomic mass is 10.1. The van der Waals surface area contributed by atoms with Gasteiger partial charge in [0.15, 0.2) is 0 Å². The molecule has 0 N–H and O–H groups in total. The van der Waals surface area contributed by atoms with Gasteiger partial charge in [-0.15, -0.1) is 0 Å². The summed E-state index contributed by atoms with van der Waals surface area (Å²) in [5.41, 5.74) is 0. The molecule has 2 rings (SSSR count). The van der Waals surface area contributed by atoms with Gasteiger partial charge in [0.1, 0.15) is 24.3 Å². The molecule has 2 saturated heterocycles. The zero-order valence-corrected chi connectivity index (χ0v) is 6.25. The van der Waals surface area contributed by atoms with E-state index in [-0.39, 0.29) is 25.4 Å². The minimum absolute atomic E-state index is 0.241. The van der Waals surface area contributed by atoms with Crippen molar-refractivity contribution in [3.8, 4) is 0 Å². The molecule has 0 saturated carbocycles. The van der Waals surface area contributed by atoms with Crippen LogP contribution in [0.1, 0.15) is 0 Å². The Labute approximate surface area is 68.2 Å². The van der Waals surface area contributed by atoms with Crippen LogP contribution < -0.4 is 0 Å². The van der Waals surface area contributed by atoms with Crippen molar-refractivity contribution in [1.29, 1.82) is 0 Å². The van der Waals surface area contributed by atoms with E-state index in [4.69, 9.17) is 9.47 Å². The molecule has 6 heteroatoms. The lowest BCUT2D eigenvalue weighted by Gasteiger charge is -2.08. The Morgan fingerprint density at radius 3 is 1.67 bits per heavy atom. The van der Waals surface area contributed by atoms with Crippen molar-refractivity contribution >= 4 is 0 Å². The highest BCUT2D eigenvalue weighted by Gasteiger charge is 2.49. The zero-order chi connectivity index (χ0) is 8.55. The van der Waals surface area contributed by atoms with Crippen molar-refractivity contribution in [2.45, 2.75) is 24.3 Å². The number of hydrogen-bond donors (Lipinski definition) is 0. The highest BCUT2D eigenvalue weighted by Crippen LogP contribution is 2.29. The van der Waals surface area contributed by atoms with E-state index in [0.29, 0.717) is 0 Å². The molecule has 2 heterocycles. The summed E-state index contributed by atoms with van der Waals surface area (Å²) in [6.45, 7) is 0.482. The maximum absolute atomic E-state index is 10.2. The molecule has 0 aromatic rings. The summed E-state index contributed by atoms with van der Waals surface area (Å²) in [5, 5.41) is 5.71. The van der Waals surface area contributed by atoms with E-state index in [2.05, 4.69) is 10.4 Å². The Morgan fingerprint density at radius 1 is 0.917 bits per heavy atom. The Kier molecular flexibility index (Phi) is 1.86. The summed E-state index contributed by atoms with van der Waals surface area (Å²) >= 11 is 0. The minimum atomic E-state index is -0.471. The van der Waals surface area contributed by atoms with E-state index in [1.165, 1.54) is 0 Å². The molecule has 0 bridgehead atoms. The second kappa shape index (κ2) is 2.87. The molecular weight excluding hydrogens is 164 g/mol. The normalized spacial score (nSPS) is 45.7. The number of nitroso groups, excluding NO2 is 2. The smallest absolute Gasteiger partial charge is 0.144 e. The number of rotatable bonds is 2. The van der Waals surface area contributed by atoms with Gasteiger partial charge in [-0.2, -0.15) is 9.81 Å². The summed E-state index contributed by atoms with van der Waals surface area (Å²) in [5.74, 6) is 0. The van der Waals surface area contributed by atoms with Crippen LogP contribution in [0.25, 0.3) is 0 Å². The predicted molar refractivity (Wildman–Crippen MR) is 38.6 cm³/mol. The molecule has 4 atom stereocenters. The second-order valence-corrected chi connectivity index (χ2v) is 2.94. The van der Waals surface area contributed by atoms with E-state index in [1.54, 1.807) is 0 Å². The molecule has 0 radical (unpaired) electrons.